The Morgan fingerprint density at radius 2 is 2.25 bits per heavy atom. The molecule has 1 aliphatic heterocycles. The lowest BCUT2D eigenvalue weighted by Gasteiger charge is -2.30. The maximum absolute atomic E-state index is 10.0. The van der Waals surface area contributed by atoms with E-state index in [1.165, 1.54) is 0 Å². The van der Waals surface area contributed by atoms with Gasteiger partial charge in [-0.15, -0.1) is 0 Å². The zero-order valence-corrected chi connectivity index (χ0v) is 12.6. The van der Waals surface area contributed by atoms with Gasteiger partial charge in [0.05, 0.1) is 6.10 Å². The summed E-state index contributed by atoms with van der Waals surface area (Å²) >= 11 is 0. The second-order valence-electron chi connectivity index (χ2n) is 5.79. The van der Waals surface area contributed by atoms with Crippen LogP contribution < -0.4 is 10.1 Å². The van der Waals surface area contributed by atoms with Gasteiger partial charge in [-0.2, -0.15) is 0 Å². The summed E-state index contributed by atoms with van der Waals surface area (Å²) in [5.74, 6) is 0.829. The number of hydrogen-bond acceptors (Lipinski definition) is 4. The molecule has 4 heteroatoms. The van der Waals surface area contributed by atoms with E-state index in [1.54, 1.807) is 0 Å². The summed E-state index contributed by atoms with van der Waals surface area (Å²) in [4.78, 5) is 0. The smallest absolute Gasteiger partial charge is 0.122 e. The van der Waals surface area contributed by atoms with Crippen molar-refractivity contribution in [1.82, 2.24) is 5.32 Å². The largest absolute Gasteiger partial charge is 0.491 e. The molecule has 2 N–H and O–H groups in total. The molecule has 1 fully saturated rings. The fourth-order valence-electron chi connectivity index (χ4n) is 2.38. The van der Waals surface area contributed by atoms with Crippen molar-refractivity contribution in [1.29, 1.82) is 0 Å². The van der Waals surface area contributed by atoms with Crippen LogP contribution in [0.2, 0.25) is 0 Å². The van der Waals surface area contributed by atoms with E-state index >= 15 is 0 Å². The molecule has 0 radical (unpaired) electrons. The summed E-state index contributed by atoms with van der Waals surface area (Å²) in [6, 6.07) is 7.83. The van der Waals surface area contributed by atoms with Crippen LogP contribution in [0.4, 0.5) is 0 Å². The molecular formula is C16H25NO3. The zero-order valence-electron chi connectivity index (χ0n) is 12.6. The average Bonchev–Trinajstić information content (AvgIpc) is 2.76. The standard InChI is InChI=1S/C16H25NO3/c1-12-6-4-5-7-15(12)20-11-14(18)10-17-16(3)8-9-19-13(16)2/h4-7,13-14,17-18H,8-11H2,1-3H3. The highest BCUT2D eigenvalue weighted by Gasteiger charge is 2.36. The van der Waals surface area contributed by atoms with Crippen molar-refractivity contribution in [3.63, 3.8) is 0 Å². The Hall–Kier alpha value is -1.10. The monoisotopic (exact) mass is 279 g/mol. The summed E-state index contributed by atoms with van der Waals surface area (Å²) in [6.45, 7) is 7.79. The Bertz CT molecular complexity index is 437. The first kappa shape index (κ1) is 15.3. The maximum atomic E-state index is 10.0. The van der Waals surface area contributed by atoms with Crippen molar-refractivity contribution in [2.45, 2.75) is 44.9 Å². The summed E-state index contributed by atoms with van der Waals surface area (Å²) in [5, 5.41) is 13.4. The number of benzene rings is 1. The van der Waals surface area contributed by atoms with Gasteiger partial charge in [0.2, 0.25) is 0 Å². The molecule has 112 valence electrons. The topological polar surface area (TPSA) is 50.7 Å². The molecule has 3 unspecified atom stereocenters. The molecule has 0 spiro atoms. The van der Waals surface area contributed by atoms with E-state index in [2.05, 4.69) is 19.2 Å². The van der Waals surface area contributed by atoms with Crippen LogP contribution in [0.25, 0.3) is 0 Å². The maximum Gasteiger partial charge on any atom is 0.122 e. The molecule has 20 heavy (non-hydrogen) atoms. The molecular weight excluding hydrogens is 254 g/mol. The van der Waals surface area contributed by atoms with Crippen LogP contribution >= 0.6 is 0 Å². The molecule has 1 aliphatic rings. The summed E-state index contributed by atoms with van der Waals surface area (Å²) in [5.41, 5.74) is 1.03. The Morgan fingerprint density at radius 1 is 1.50 bits per heavy atom. The number of aliphatic hydroxyl groups excluding tert-OH is 1. The van der Waals surface area contributed by atoms with E-state index in [0.717, 1.165) is 24.3 Å². The van der Waals surface area contributed by atoms with Crippen molar-refractivity contribution in [3.05, 3.63) is 29.8 Å². The third kappa shape index (κ3) is 3.72. The molecule has 1 saturated heterocycles. The van der Waals surface area contributed by atoms with E-state index in [-0.39, 0.29) is 11.6 Å². The summed E-state index contributed by atoms with van der Waals surface area (Å²) in [6.07, 6.45) is 0.616. The highest BCUT2D eigenvalue weighted by molar-refractivity contribution is 5.31. The fourth-order valence-corrected chi connectivity index (χ4v) is 2.38. The van der Waals surface area contributed by atoms with Gasteiger partial charge in [0, 0.05) is 18.7 Å². The number of β-amino-alcohol motifs (C(OH)–C–C–N with tert-alkyl or cyclic N) is 1. The fraction of sp³-hybridized carbons (Fsp3) is 0.625. The van der Waals surface area contributed by atoms with Gasteiger partial charge in [0.25, 0.3) is 0 Å². The Kier molecular flexibility index (Phi) is 5.02. The minimum absolute atomic E-state index is 0.0519. The highest BCUT2D eigenvalue weighted by atomic mass is 16.5. The molecule has 0 amide bonds. The number of hydrogen-bond donors (Lipinski definition) is 2. The quantitative estimate of drug-likeness (QED) is 0.835. The lowest BCUT2D eigenvalue weighted by Crippen LogP contribution is -2.51. The number of aryl methyl sites for hydroxylation is 1. The van der Waals surface area contributed by atoms with Crippen LogP contribution in [-0.4, -0.2) is 42.6 Å². The van der Waals surface area contributed by atoms with Crippen LogP contribution in [0.15, 0.2) is 24.3 Å². The predicted octanol–water partition coefficient (Wildman–Crippen LogP) is 1.89. The number of nitrogens with one attached hydrogen (secondary N) is 1. The molecule has 4 nitrogen and oxygen atoms in total. The molecule has 3 atom stereocenters. The molecule has 0 aliphatic carbocycles. The Balaban J connectivity index is 1.76. The van der Waals surface area contributed by atoms with Crippen LogP contribution in [0.3, 0.4) is 0 Å². The highest BCUT2D eigenvalue weighted by Crippen LogP contribution is 2.24. The normalized spacial score (nSPS) is 27.5. The molecule has 0 saturated carbocycles. The van der Waals surface area contributed by atoms with Crippen LogP contribution in [0.1, 0.15) is 25.8 Å². The first-order valence-electron chi connectivity index (χ1n) is 7.24. The van der Waals surface area contributed by atoms with Crippen molar-refractivity contribution >= 4 is 0 Å². The Labute approximate surface area is 121 Å². The van der Waals surface area contributed by atoms with E-state index in [1.807, 2.05) is 31.2 Å². The number of aliphatic hydroxyl groups is 1. The van der Waals surface area contributed by atoms with Crippen LogP contribution in [-0.2, 0) is 4.74 Å². The molecule has 0 aromatic heterocycles. The second kappa shape index (κ2) is 6.57. The van der Waals surface area contributed by atoms with Gasteiger partial charge in [0.15, 0.2) is 0 Å². The van der Waals surface area contributed by atoms with Crippen LogP contribution in [0.5, 0.6) is 5.75 Å². The van der Waals surface area contributed by atoms with Gasteiger partial charge in [0.1, 0.15) is 18.5 Å². The molecule has 2 rings (SSSR count). The lowest BCUT2D eigenvalue weighted by atomic mass is 9.94. The third-order valence-electron chi connectivity index (χ3n) is 4.15. The van der Waals surface area contributed by atoms with E-state index in [0.29, 0.717) is 13.2 Å². The van der Waals surface area contributed by atoms with E-state index < -0.39 is 6.10 Å². The van der Waals surface area contributed by atoms with Gasteiger partial charge in [-0.3, -0.25) is 0 Å². The number of ether oxygens (including phenoxy) is 2. The molecule has 1 aromatic rings. The van der Waals surface area contributed by atoms with Gasteiger partial charge in [-0.05, 0) is 38.8 Å². The Morgan fingerprint density at radius 3 is 2.90 bits per heavy atom. The van der Waals surface area contributed by atoms with Crippen molar-refractivity contribution in [2.24, 2.45) is 0 Å². The minimum atomic E-state index is -0.528. The van der Waals surface area contributed by atoms with Gasteiger partial charge in [-0.1, -0.05) is 18.2 Å². The third-order valence-corrected chi connectivity index (χ3v) is 4.15. The van der Waals surface area contributed by atoms with Gasteiger partial charge in [-0.25, -0.2) is 0 Å². The van der Waals surface area contributed by atoms with Crippen molar-refractivity contribution in [3.8, 4) is 5.75 Å². The minimum Gasteiger partial charge on any atom is -0.491 e. The molecule has 1 aromatic carbocycles. The SMILES string of the molecule is Cc1ccccc1OCC(O)CNC1(C)CCOC1C. The van der Waals surface area contributed by atoms with Gasteiger partial charge >= 0.3 is 0 Å². The van der Waals surface area contributed by atoms with E-state index in [9.17, 15) is 5.11 Å². The predicted molar refractivity (Wildman–Crippen MR) is 79.1 cm³/mol. The van der Waals surface area contributed by atoms with Gasteiger partial charge < -0.3 is 19.9 Å². The molecule has 1 heterocycles. The number of para-hydroxylation sites is 1. The van der Waals surface area contributed by atoms with Crippen LogP contribution in [0, 0.1) is 6.92 Å². The lowest BCUT2D eigenvalue weighted by molar-refractivity contribution is 0.0685. The second-order valence-corrected chi connectivity index (χ2v) is 5.79. The summed E-state index contributed by atoms with van der Waals surface area (Å²) in [7, 11) is 0. The van der Waals surface area contributed by atoms with Crippen molar-refractivity contribution in [2.75, 3.05) is 19.8 Å². The first-order chi connectivity index (χ1) is 9.51. The summed E-state index contributed by atoms with van der Waals surface area (Å²) < 4.78 is 11.2. The van der Waals surface area contributed by atoms with Crippen molar-refractivity contribution < 1.29 is 14.6 Å². The number of rotatable bonds is 6. The average molecular weight is 279 g/mol. The van der Waals surface area contributed by atoms with E-state index in [4.69, 9.17) is 9.47 Å². The zero-order chi connectivity index (χ0) is 14.6. The first-order valence-corrected chi connectivity index (χ1v) is 7.24. The molecule has 0 bridgehead atoms.